The molecule has 0 spiro atoms. The normalized spacial score (nSPS) is 32.2. The molecule has 0 bridgehead atoms. The molecule has 0 saturated heterocycles. The third kappa shape index (κ3) is 6.32. The van der Waals surface area contributed by atoms with Crippen LogP contribution in [0.1, 0.15) is 102 Å². The van der Waals surface area contributed by atoms with Crippen LogP contribution in [0.5, 0.6) is 5.75 Å². The topological polar surface area (TPSA) is 9.23 Å². The third-order valence-corrected chi connectivity index (χ3v) is 9.05. The van der Waals surface area contributed by atoms with Gasteiger partial charge in [0.05, 0.1) is 0 Å². The predicted octanol–water partition coefficient (Wildman–Crippen LogP) is 9.38. The molecule has 4 atom stereocenters. The Bertz CT molecular complexity index is 813. The van der Waals surface area contributed by atoms with Crippen LogP contribution in [-0.2, 0) is 0 Å². The molecular formula is C31H44F2O. The van der Waals surface area contributed by atoms with E-state index in [0.717, 1.165) is 48.0 Å². The lowest BCUT2D eigenvalue weighted by Crippen LogP contribution is -2.34. The molecule has 0 heterocycles. The van der Waals surface area contributed by atoms with E-state index in [1.165, 1.54) is 76.3 Å². The van der Waals surface area contributed by atoms with Gasteiger partial charge in [-0.3, -0.25) is 0 Å². The Kier molecular flexibility index (Phi) is 9.25. The van der Waals surface area contributed by atoms with E-state index in [9.17, 15) is 8.78 Å². The quantitative estimate of drug-likeness (QED) is 0.344. The number of fused-ring (bicyclic) bond motifs is 1. The van der Waals surface area contributed by atoms with Crippen molar-refractivity contribution in [2.45, 2.75) is 96.8 Å². The number of unbranched alkanes of at least 4 members (excludes halogenated alkanes) is 1. The van der Waals surface area contributed by atoms with Gasteiger partial charge in [-0.05, 0) is 131 Å². The summed E-state index contributed by atoms with van der Waals surface area (Å²) in [6.45, 7) is 4.30. The Morgan fingerprint density at radius 3 is 2.12 bits per heavy atom. The Balaban J connectivity index is 1.27. The first-order valence-corrected chi connectivity index (χ1v) is 14.0. The lowest BCUT2D eigenvalue weighted by molar-refractivity contribution is 0.0718. The number of hydrogen-bond donors (Lipinski definition) is 0. The zero-order valence-electron chi connectivity index (χ0n) is 21.3. The molecular weight excluding hydrogens is 426 g/mol. The SMILES string of the molecule is CC=CCOc1c(F)cc(C2CCC(C3CCC4CC(C=CCCC)CCC4C3)CC2)cc1F. The average molecular weight is 471 g/mol. The molecule has 0 aromatic heterocycles. The van der Waals surface area contributed by atoms with Crippen molar-refractivity contribution in [2.24, 2.45) is 29.6 Å². The van der Waals surface area contributed by atoms with Crippen LogP contribution < -0.4 is 4.74 Å². The van der Waals surface area contributed by atoms with Gasteiger partial charge in [0.2, 0.25) is 0 Å². The van der Waals surface area contributed by atoms with Crippen LogP contribution in [0.2, 0.25) is 0 Å². The molecule has 1 nitrogen and oxygen atoms in total. The molecule has 3 saturated carbocycles. The highest BCUT2D eigenvalue weighted by Gasteiger charge is 2.38. The Morgan fingerprint density at radius 2 is 1.44 bits per heavy atom. The van der Waals surface area contributed by atoms with Gasteiger partial charge < -0.3 is 4.74 Å². The van der Waals surface area contributed by atoms with Crippen molar-refractivity contribution in [3.8, 4) is 5.75 Å². The largest absolute Gasteiger partial charge is 0.483 e. The minimum atomic E-state index is -0.569. The highest BCUT2D eigenvalue weighted by molar-refractivity contribution is 5.33. The molecule has 3 aliphatic carbocycles. The monoisotopic (exact) mass is 470 g/mol. The third-order valence-electron chi connectivity index (χ3n) is 9.05. The molecule has 0 amide bonds. The second kappa shape index (κ2) is 12.4. The van der Waals surface area contributed by atoms with Crippen molar-refractivity contribution in [3.05, 3.63) is 53.6 Å². The lowest BCUT2D eigenvalue weighted by Gasteiger charge is -2.45. The van der Waals surface area contributed by atoms with Crippen molar-refractivity contribution >= 4 is 0 Å². The van der Waals surface area contributed by atoms with Crippen LogP contribution >= 0.6 is 0 Å². The molecule has 3 fully saturated rings. The first-order valence-electron chi connectivity index (χ1n) is 14.0. The lowest BCUT2D eigenvalue weighted by atomic mass is 9.61. The van der Waals surface area contributed by atoms with Crippen molar-refractivity contribution in [2.75, 3.05) is 6.61 Å². The maximum Gasteiger partial charge on any atom is 0.191 e. The number of allylic oxidation sites excluding steroid dienone is 3. The van der Waals surface area contributed by atoms with E-state index in [1.807, 2.05) is 13.0 Å². The van der Waals surface area contributed by atoms with E-state index in [4.69, 9.17) is 4.74 Å². The second-order valence-corrected chi connectivity index (χ2v) is 11.2. The van der Waals surface area contributed by atoms with Crippen LogP contribution in [-0.4, -0.2) is 6.61 Å². The molecule has 0 radical (unpaired) electrons. The fraction of sp³-hybridized carbons (Fsp3) is 0.677. The number of halogens is 2. The molecule has 3 heteroatoms. The van der Waals surface area contributed by atoms with Crippen molar-refractivity contribution < 1.29 is 13.5 Å². The fourth-order valence-corrected chi connectivity index (χ4v) is 7.12. The maximum atomic E-state index is 14.5. The molecule has 0 N–H and O–H groups in total. The highest BCUT2D eigenvalue weighted by Crippen LogP contribution is 2.50. The van der Waals surface area contributed by atoms with Gasteiger partial charge in [-0.2, -0.15) is 0 Å². The van der Waals surface area contributed by atoms with Crippen molar-refractivity contribution in [1.29, 1.82) is 0 Å². The molecule has 34 heavy (non-hydrogen) atoms. The molecule has 4 rings (SSSR count). The summed E-state index contributed by atoms with van der Waals surface area (Å²) in [7, 11) is 0. The van der Waals surface area contributed by atoms with Crippen LogP contribution in [0.3, 0.4) is 0 Å². The summed E-state index contributed by atoms with van der Waals surface area (Å²) in [5.74, 6) is 3.25. The summed E-state index contributed by atoms with van der Waals surface area (Å²) in [6, 6.07) is 3.02. The summed E-state index contributed by atoms with van der Waals surface area (Å²) in [6.07, 6.45) is 23.9. The minimum absolute atomic E-state index is 0.189. The number of benzene rings is 1. The summed E-state index contributed by atoms with van der Waals surface area (Å²) in [5.41, 5.74) is 0.810. The van der Waals surface area contributed by atoms with Crippen LogP contribution in [0.15, 0.2) is 36.4 Å². The van der Waals surface area contributed by atoms with Gasteiger partial charge in [-0.25, -0.2) is 8.78 Å². The minimum Gasteiger partial charge on any atom is -0.483 e. The Morgan fingerprint density at radius 1 is 0.824 bits per heavy atom. The van der Waals surface area contributed by atoms with Gasteiger partial charge in [0.15, 0.2) is 17.4 Å². The number of hydrogen-bond acceptors (Lipinski definition) is 1. The molecule has 0 aliphatic heterocycles. The van der Waals surface area contributed by atoms with Crippen LogP contribution in [0.25, 0.3) is 0 Å². The predicted molar refractivity (Wildman–Crippen MR) is 137 cm³/mol. The van der Waals surface area contributed by atoms with E-state index >= 15 is 0 Å². The first-order chi connectivity index (χ1) is 16.6. The maximum absolute atomic E-state index is 14.5. The molecule has 3 aliphatic rings. The van der Waals surface area contributed by atoms with Gasteiger partial charge >= 0.3 is 0 Å². The van der Waals surface area contributed by atoms with E-state index in [0.29, 0.717) is 0 Å². The number of rotatable bonds is 8. The molecule has 1 aromatic rings. The van der Waals surface area contributed by atoms with Gasteiger partial charge in [-0.15, -0.1) is 0 Å². The van der Waals surface area contributed by atoms with Gasteiger partial charge in [0.1, 0.15) is 6.61 Å². The zero-order valence-corrected chi connectivity index (χ0v) is 21.3. The van der Waals surface area contributed by atoms with Crippen molar-refractivity contribution in [1.82, 2.24) is 0 Å². The molecule has 188 valence electrons. The Hall–Kier alpha value is -1.64. The summed E-state index contributed by atoms with van der Waals surface area (Å²) < 4.78 is 34.4. The first kappa shape index (κ1) is 25.5. The summed E-state index contributed by atoms with van der Waals surface area (Å²) in [4.78, 5) is 0. The fourth-order valence-electron chi connectivity index (χ4n) is 7.12. The smallest absolute Gasteiger partial charge is 0.191 e. The van der Waals surface area contributed by atoms with E-state index in [1.54, 1.807) is 6.08 Å². The van der Waals surface area contributed by atoms with Crippen LogP contribution in [0.4, 0.5) is 8.78 Å². The van der Waals surface area contributed by atoms with Crippen molar-refractivity contribution in [3.63, 3.8) is 0 Å². The van der Waals surface area contributed by atoms with Crippen LogP contribution in [0, 0.1) is 41.2 Å². The van der Waals surface area contributed by atoms with E-state index in [2.05, 4.69) is 19.1 Å². The van der Waals surface area contributed by atoms with Gasteiger partial charge in [-0.1, -0.05) is 37.6 Å². The standard InChI is InChI=1S/C31H44F2O/c1-3-5-7-8-22-9-10-27-19-26(16-15-25(27)18-22)23-11-13-24(14-12-23)28-20-29(32)31(30(33)21-28)34-17-6-4-2/h4,6-8,20-27H,3,5,9-19H2,1-2H3. The molecule has 1 aromatic carbocycles. The molecule has 4 unspecified atom stereocenters. The van der Waals surface area contributed by atoms with E-state index < -0.39 is 11.6 Å². The highest BCUT2D eigenvalue weighted by atomic mass is 19.1. The zero-order chi connectivity index (χ0) is 23.9. The Labute approximate surface area is 206 Å². The number of ether oxygens (including phenoxy) is 1. The summed E-state index contributed by atoms with van der Waals surface area (Å²) >= 11 is 0. The van der Waals surface area contributed by atoms with E-state index in [-0.39, 0.29) is 18.3 Å². The average Bonchev–Trinajstić information content (AvgIpc) is 2.85. The van der Waals surface area contributed by atoms with Gasteiger partial charge in [0.25, 0.3) is 0 Å². The second-order valence-electron chi connectivity index (χ2n) is 11.2. The van der Waals surface area contributed by atoms with Gasteiger partial charge in [0, 0.05) is 0 Å². The summed E-state index contributed by atoms with van der Waals surface area (Å²) in [5, 5.41) is 0.